The summed E-state index contributed by atoms with van der Waals surface area (Å²) in [5, 5.41) is 0. The number of pyridine rings is 1. The van der Waals surface area contributed by atoms with Crippen molar-refractivity contribution >= 4 is 0 Å². The monoisotopic (exact) mass is 250 g/mol. The number of nitrogens with two attached hydrogens (primary N) is 2. The molecule has 1 aromatic heterocycles. The average Bonchev–Trinajstić information content (AvgIpc) is 2.84. The van der Waals surface area contributed by atoms with E-state index in [-0.39, 0.29) is 0 Å². The zero-order valence-corrected chi connectivity index (χ0v) is 11.4. The van der Waals surface area contributed by atoms with Gasteiger partial charge >= 0.3 is 0 Å². The molecule has 0 bridgehead atoms. The quantitative estimate of drug-likeness (QED) is 0.795. The van der Waals surface area contributed by atoms with Gasteiger partial charge in [-0.15, -0.1) is 0 Å². The highest BCUT2D eigenvalue weighted by Crippen LogP contribution is 2.29. The first kappa shape index (κ1) is 15.1. The molecule has 0 spiro atoms. The summed E-state index contributed by atoms with van der Waals surface area (Å²) in [4.78, 5) is 6.54. The first-order valence-corrected chi connectivity index (χ1v) is 6.80. The number of unbranched alkanes of at least 4 members (excludes halogenated alkanes) is 1. The molecule has 1 fully saturated rings. The van der Waals surface area contributed by atoms with Crippen molar-refractivity contribution in [2.24, 2.45) is 11.5 Å². The van der Waals surface area contributed by atoms with Crippen molar-refractivity contribution in [2.45, 2.75) is 31.7 Å². The maximum atomic E-state index is 5.16. The van der Waals surface area contributed by atoms with Gasteiger partial charge in [0.25, 0.3) is 0 Å². The van der Waals surface area contributed by atoms with Crippen LogP contribution in [0.15, 0.2) is 24.5 Å². The third-order valence-corrected chi connectivity index (χ3v) is 3.25. The highest BCUT2D eigenvalue weighted by molar-refractivity contribution is 5.14. The van der Waals surface area contributed by atoms with Gasteiger partial charge in [-0.05, 0) is 64.0 Å². The van der Waals surface area contributed by atoms with E-state index in [1.165, 1.54) is 24.9 Å². The number of aromatic nitrogens is 1. The van der Waals surface area contributed by atoms with E-state index in [0.29, 0.717) is 6.04 Å². The van der Waals surface area contributed by atoms with Crippen LogP contribution in [-0.2, 0) is 0 Å². The van der Waals surface area contributed by atoms with Crippen molar-refractivity contribution in [3.63, 3.8) is 0 Å². The minimum absolute atomic E-state index is 0.610. The fourth-order valence-electron chi connectivity index (χ4n) is 2.19. The van der Waals surface area contributed by atoms with E-state index < -0.39 is 0 Å². The standard InChI is InChI=1S/C10H14N2.C4H12N2/c1-12-7-3-5-10(12)9-4-2-6-11-8-9;5-3-1-2-4-6/h2,4,6,8,10H,3,5,7H2,1H3;1-6H2. The second-order valence-electron chi connectivity index (χ2n) is 4.71. The topological polar surface area (TPSA) is 68.2 Å². The summed E-state index contributed by atoms with van der Waals surface area (Å²) in [6, 6.07) is 4.79. The highest BCUT2D eigenvalue weighted by Gasteiger charge is 2.21. The van der Waals surface area contributed by atoms with Gasteiger partial charge in [0.05, 0.1) is 0 Å². The molecule has 4 nitrogen and oxygen atoms in total. The third kappa shape index (κ3) is 5.12. The first-order valence-electron chi connectivity index (χ1n) is 6.80. The highest BCUT2D eigenvalue weighted by atomic mass is 15.1. The minimum Gasteiger partial charge on any atom is -0.330 e. The van der Waals surface area contributed by atoms with Gasteiger partial charge in [-0.3, -0.25) is 9.88 Å². The Morgan fingerprint density at radius 3 is 2.50 bits per heavy atom. The fraction of sp³-hybridized carbons (Fsp3) is 0.643. The maximum Gasteiger partial charge on any atom is 0.0360 e. The molecule has 4 N–H and O–H groups in total. The average molecular weight is 250 g/mol. The first-order chi connectivity index (χ1) is 8.79. The number of likely N-dealkylation sites (tertiary alicyclic amines) is 1. The van der Waals surface area contributed by atoms with Crippen molar-refractivity contribution in [2.75, 3.05) is 26.7 Å². The van der Waals surface area contributed by atoms with Gasteiger partial charge in [-0.2, -0.15) is 0 Å². The van der Waals surface area contributed by atoms with Gasteiger partial charge in [0.2, 0.25) is 0 Å². The predicted octanol–water partition coefficient (Wildman–Crippen LogP) is 1.53. The lowest BCUT2D eigenvalue weighted by molar-refractivity contribution is 0.317. The molecule has 0 radical (unpaired) electrons. The molecule has 1 atom stereocenters. The molecule has 1 saturated heterocycles. The lowest BCUT2D eigenvalue weighted by atomic mass is 10.1. The molecule has 102 valence electrons. The van der Waals surface area contributed by atoms with Crippen LogP contribution in [0.3, 0.4) is 0 Å². The molecule has 1 unspecified atom stereocenters. The summed E-state index contributed by atoms with van der Waals surface area (Å²) in [7, 11) is 2.19. The molecule has 2 rings (SSSR count). The van der Waals surface area contributed by atoms with E-state index in [1.807, 2.05) is 18.5 Å². The largest absolute Gasteiger partial charge is 0.330 e. The SMILES string of the molecule is CN1CCCC1c1cccnc1.NCCCCN. The summed E-state index contributed by atoms with van der Waals surface area (Å²) in [5.74, 6) is 0. The number of nitrogens with zero attached hydrogens (tertiary/aromatic N) is 2. The van der Waals surface area contributed by atoms with Crippen LogP contribution in [-0.4, -0.2) is 36.6 Å². The molecule has 0 amide bonds. The van der Waals surface area contributed by atoms with Crippen LogP contribution in [0.1, 0.15) is 37.3 Å². The molecular formula is C14H26N4. The Balaban J connectivity index is 0.000000232. The Morgan fingerprint density at radius 2 is 2.06 bits per heavy atom. The van der Waals surface area contributed by atoms with Crippen LogP contribution >= 0.6 is 0 Å². The van der Waals surface area contributed by atoms with E-state index in [0.717, 1.165) is 25.9 Å². The molecule has 1 aliphatic heterocycles. The Kier molecular flexibility index (Phi) is 7.57. The van der Waals surface area contributed by atoms with E-state index in [4.69, 9.17) is 11.5 Å². The molecule has 2 heterocycles. The van der Waals surface area contributed by atoms with E-state index in [9.17, 15) is 0 Å². The number of hydrogen-bond donors (Lipinski definition) is 2. The van der Waals surface area contributed by atoms with Gasteiger partial charge < -0.3 is 11.5 Å². The molecule has 4 heteroatoms. The normalized spacial score (nSPS) is 19.4. The summed E-state index contributed by atoms with van der Waals surface area (Å²) in [6.45, 7) is 2.77. The fourth-order valence-corrected chi connectivity index (χ4v) is 2.19. The Morgan fingerprint density at radius 1 is 1.33 bits per heavy atom. The number of hydrogen-bond acceptors (Lipinski definition) is 4. The van der Waals surface area contributed by atoms with Gasteiger partial charge in [0, 0.05) is 18.4 Å². The zero-order valence-electron chi connectivity index (χ0n) is 11.4. The second-order valence-corrected chi connectivity index (χ2v) is 4.71. The molecule has 0 aromatic carbocycles. The Labute approximate surface area is 110 Å². The zero-order chi connectivity index (χ0) is 13.2. The van der Waals surface area contributed by atoms with Crippen LogP contribution in [0.5, 0.6) is 0 Å². The molecule has 18 heavy (non-hydrogen) atoms. The van der Waals surface area contributed by atoms with Gasteiger partial charge in [0.15, 0.2) is 0 Å². The van der Waals surface area contributed by atoms with Gasteiger partial charge in [-0.1, -0.05) is 6.07 Å². The van der Waals surface area contributed by atoms with Gasteiger partial charge in [0.1, 0.15) is 0 Å². The van der Waals surface area contributed by atoms with Crippen molar-refractivity contribution in [1.29, 1.82) is 0 Å². The molecule has 0 saturated carbocycles. The Hall–Kier alpha value is -0.970. The predicted molar refractivity (Wildman–Crippen MR) is 76.2 cm³/mol. The maximum absolute atomic E-state index is 5.16. The molecule has 1 aliphatic rings. The van der Waals surface area contributed by atoms with Crippen molar-refractivity contribution in [3.8, 4) is 0 Å². The Bertz CT molecular complexity index is 298. The summed E-state index contributed by atoms with van der Waals surface area (Å²) < 4.78 is 0. The molecular weight excluding hydrogens is 224 g/mol. The van der Waals surface area contributed by atoms with Crippen LogP contribution < -0.4 is 11.5 Å². The van der Waals surface area contributed by atoms with Gasteiger partial charge in [-0.25, -0.2) is 0 Å². The summed E-state index contributed by atoms with van der Waals surface area (Å²) >= 11 is 0. The summed E-state index contributed by atoms with van der Waals surface area (Å²) in [6.07, 6.45) is 8.54. The van der Waals surface area contributed by atoms with Crippen molar-refractivity contribution in [3.05, 3.63) is 30.1 Å². The third-order valence-electron chi connectivity index (χ3n) is 3.25. The number of rotatable bonds is 4. The van der Waals surface area contributed by atoms with Crippen LogP contribution in [0.2, 0.25) is 0 Å². The van der Waals surface area contributed by atoms with Crippen molar-refractivity contribution in [1.82, 2.24) is 9.88 Å². The van der Waals surface area contributed by atoms with E-state index >= 15 is 0 Å². The van der Waals surface area contributed by atoms with Crippen LogP contribution in [0.25, 0.3) is 0 Å². The summed E-state index contributed by atoms with van der Waals surface area (Å²) in [5.41, 5.74) is 11.7. The van der Waals surface area contributed by atoms with E-state index in [1.54, 1.807) is 0 Å². The van der Waals surface area contributed by atoms with Crippen LogP contribution in [0, 0.1) is 0 Å². The lowest BCUT2D eigenvalue weighted by Crippen LogP contribution is -2.17. The second kappa shape index (κ2) is 9.03. The molecule has 1 aromatic rings. The smallest absolute Gasteiger partial charge is 0.0360 e. The van der Waals surface area contributed by atoms with E-state index in [2.05, 4.69) is 23.0 Å². The van der Waals surface area contributed by atoms with Crippen LogP contribution in [0.4, 0.5) is 0 Å². The molecule has 0 aliphatic carbocycles. The van der Waals surface area contributed by atoms with Crippen molar-refractivity contribution < 1.29 is 0 Å². The lowest BCUT2D eigenvalue weighted by Gasteiger charge is -2.18. The minimum atomic E-state index is 0.610.